The highest BCUT2D eigenvalue weighted by Crippen LogP contribution is 2.20. The highest BCUT2D eigenvalue weighted by Gasteiger charge is 2.11. The Hall–Kier alpha value is -3.28. The molecule has 0 N–H and O–H groups in total. The molecule has 0 fully saturated rings. The fourth-order valence-corrected chi connectivity index (χ4v) is 5.65. The van der Waals surface area contributed by atoms with Crippen LogP contribution < -0.4 is 9.80 Å². The maximum absolute atomic E-state index is 12.3. The third kappa shape index (κ3) is 18.3. The highest BCUT2D eigenvalue weighted by atomic mass is 16.5. The molecule has 0 bridgehead atoms. The van der Waals surface area contributed by atoms with Gasteiger partial charge in [-0.3, -0.25) is 9.59 Å². The van der Waals surface area contributed by atoms with Crippen LogP contribution in [0, 0.1) is 0 Å². The summed E-state index contributed by atoms with van der Waals surface area (Å²) in [5, 5.41) is 0. The molecule has 6 nitrogen and oxygen atoms in total. The normalized spacial score (nSPS) is 11.2. The number of carbonyl (C=O) groups is 2. The lowest BCUT2D eigenvalue weighted by molar-refractivity contribution is -0.143. The summed E-state index contributed by atoms with van der Waals surface area (Å²) in [6, 6.07) is 17.3. The number of benzene rings is 2. The van der Waals surface area contributed by atoms with Crippen molar-refractivity contribution in [3.63, 3.8) is 0 Å². The molecule has 0 amide bonds. The molecule has 0 atom stereocenters. The Morgan fingerprint density at radius 2 is 0.833 bits per heavy atom. The Morgan fingerprint density at radius 1 is 0.479 bits per heavy atom. The van der Waals surface area contributed by atoms with Gasteiger partial charge in [0.15, 0.2) is 0 Å². The number of unbranched alkanes of at least 4 members (excludes halogenated alkanes) is 10. The van der Waals surface area contributed by atoms with Crippen LogP contribution in [0.25, 0.3) is 12.2 Å². The summed E-state index contributed by atoms with van der Waals surface area (Å²) in [4.78, 5) is 29.3. The van der Waals surface area contributed by atoms with Crippen LogP contribution in [0.2, 0.25) is 0 Å². The maximum atomic E-state index is 12.3. The van der Waals surface area contributed by atoms with E-state index < -0.39 is 0 Å². The summed E-state index contributed by atoms with van der Waals surface area (Å²) in [6.07, 6.45) is 21.1. The molecule has 2 rings (SSSR count). The number of anilines is 2. The number of ether oxygens (including phenoxy) is 2. The van der Waals surface area contributed by atoms with Gasteiger partial charge in [0.05, 0.1) is 13.1 Å². The number of rotatable bonds is 28. The standard InChI is InChI=1S/C42H66N2O4/c1-5-9-13-15-17-19-41(45)47-35-33-44(34-36-48-42(46)20-18-16-14-10-6-2)40-29-25-38(26-30-40)22-21-37-23-27-39(28-24-37)43(31-11-7-3)32-12-8-4/h21-30H,5-20,31-36H2,1-4H3. The average Bonchev–Trinajstić information content (AvgIpc) is 3.10. The molecule has 0 aliphatic carbocycles. The number of carbonyl (C=O) groups excluding carboxylic acids is 2. The molecule has 6 heteroatoms. The molecular weight excluding hydrogens is 596 g/mol. The molecule has 0 radical (unpaired) electrons. The van der Waals surface area contributed by atoms with E-state index in [1.165, 1.54) is 75.5 Å². The van der Waals surface area contributed by atoms with Crippen LogP contribution in [0.3, 0.4) is 0 Å². The lowest BCUT2D eigenvalue weighted by atomic mass is 10.1. The zero-order chi connectivity index (χ0) is 34.7. The molecular formula is C42H66N2O4. The third-order valence-electron chi connectivity index (χ3n) is 8.77. The predicted molar refractivity (Wildman–Crippen MR) is 205 cm³/mol. The largest absolute Gasteiger partial charge is 0.464 e. The first-order valence-electron chi connectivity index (χ1n) is 19.2. The minimum absolute atomic E-state index is 0.135. The highest BCUT2D eigenvalue weighted by molar-refractivity contribution is 5.72. The van der Waals surface area contributed by atoms with E-state index in [1.807, 2.05) is 0 Å². The summed E-state index contributed by atoms with van der Waals surface area (Å²) in [6.45, 7) is 12.8. The van der Waals surface area contributed by atoms with Gasteiger partial charge in [0.1, 0.15) is 13.2 Å². The van der Waals surface area contributed by atoms with Gasteiger partial charge in [-0.15, -0.1) is 0 Å². The van der Waals surface area contributed by atoms with E-state index in [2.05, 4.69) is 98.2 Å². The monoisotopic (exact) mass is 663 g/mol. The van der Waals surface area contributed by atoms with Crippen LogP contribution in [0.4, 0.5) is 11.4 Å². The van der Waals surface area contributed by atoms with Gasteiger partial charge in [0.2, 0.25) is 0 Å². The zero-order valence-corrected chi connectivity index (χ0v) is 30.9. The lowest BCUT2D eigenvalue weighted by Gasteiger charge is -2.25. The van der Waals surface area contributed by atoms with E-state index in [9.17, 15) is 9.59 Å². The van der Waals surface area contributed by atoms with Crippen molar-refractivity contribution >= 4 is 35.5 Å². The Balaban J connectivity index is 1.97. The molecule has 2 aromatic carbocycles. The first-order valence-corrected chi connectivity index (χ1v) is 19.2. The SMILES string of the molecule is CCCCCCCC(=O)OCCN(CCOC(=O)CCCCCCC)c1ccc(C=Cc2ccc(N(CCCC)CCCC)cc2)cc1. The lowest BCUT2D eigenvalue weighted by Crippen LogP contribution is -2.32. The zero-order valence-electron chi connectivity index (χ0n) is 30.9. The molecule has 0 saturated carbocycles. The van der Waals surface area contributed by atoms with Gasteiger partial charge >= 0.3 is 11.9 Å². The van der Waals surface area contributed by atoms with Crippen molar-refractivity contribution in [3.05, 3.63) is 59.7 Å². The minimum Gasteiger partial charge on any atom is -0.464 e. The van der Waals surface area contributed by atoms with Gasteiger partial charge in [-0.25, -0.2) is 0 Å². The molecule has 0 saturated heterocycles. The fraction of sp³-hybridized carbons (Fsp3) is 0.619. The van der Waals surface area contributed by atoms with Crippen LogP contribution in [0.15, 0.2) is 48.5 Å². The van der Waals surface area contributed by atoms with Crippen molar-refractivity contribution in [2.75, 3.05) is 49.2 Å². The van der Waals surface area contributed by atoms with Crippen molar-refractivity contribution in [2.45, 2.75) is 130 Å². The Bertz CT molecular complexity index is 1090. The first kappa shape index (κ1) is 40.9. The number of esters is 2. The Morgan fingerprint density at radius 3 is 1.21 bits per heavy atom. The van der Waals surface area contributed by atoms with Crippen LogP contribution in [0.1, 0.15) is 142 Å². The van der Waals surface area contributed by atoms with Crippen LogP contribution >= 0.6 is 0 Å². The second kappa shape index (κ2) is 26.6. The summed E-state index contributed by atoms with van der Waals surface area (Å²) in [5.41, 5.74) is 4.60. The maximum Gasteiger partial charge on any atom is 0.305 e. The Labute approximate surface area is 293 Å². The number of nitrogens with zero attached hydrogens (tertiary/aromatic N) is 2. The number of hydrogen-bond acceptors (Lipinski definition) is 6. The molecule has 0 aliphatic heterocycles. The van der Waals surface area contributed by atoms with Crippen LogP contribution in [-0.2, 0) is 19.1 Å². The van der Waals surface area contributed by atoms with E-state index in [0.29, 0.717) is 39.1 Å². The van der Waals surface area contributed by atoms with Gasteiger partial charge in [-0.2, -0.15) is 0 Å². The van der Waals surface area contributed by atoms with Crippen molar-refractivity contribution < 1.29 is 19.1 Å². The van der Waals surface area contributed by atoms with Gasteiger partial charge in [-0.05, 0) is 61.1 Å². The summed E-state index contributed by atoms with van der Waals surface area (Å²) in [7, 11) is 0. The smallest absolute Gasteiger partial charge is 0.305 e. The van der Waals surface area contributed by atoms with Gasteiger partial charge in [0, 0.05) is 37.3 Å². The molecule has 268 valence electrons. The topological polar surface area (TPSA) is 59.1 Å². The predicted octanol–water partition coefficient (Wildman–Crippen LogP) is 10.9. The molecule has 0 heterocycles. The van der Waals surface area contributed by atoms with E-state index >= 15 is 0 Å². The van der Waals surface area contributed by atoms with Gasteiger partial charge in [-0.1, -0.05) is 128 Å². The second-order valence-corrected chi connectivity index (χ2v) is 13.0. The third-order valence-corrected chi connectivity index (χ3v) is 8.77. The quantitative estimate of drug-likeness (QED) is 0.0513. The van der Waals surface area contributed by atoms with Gasteiger partial charge in [0.25, 0.3) is 0 Å². The van der Waals surface area contributed by atoms with Crippen molar-refractivity contribution in [2.24, 2.45) is 0 Å². The Kier molecular flexibility index (Phi) is 22.7. The van der Waals surface area contributed by atoms with E-state index in [-0.39, 0.29) is 11.9 Å². The van der Waals surface area contributed by atoms with E-state index in [0.717, 1.165) is 50.0 Å². The molecule has 48 heavy (non-hydrogen) atoms. The second-order valence-electron chi connectivity index (χ2n) is 13.0. The fourth-order valence-electron chi connectivity index (χ4n) is 5.65. The molecule has 0 unspecified atom stereocenters. The van der Waals surface area contributed by atoms with Crippen molar-refractivity contribution in [1.29, 1.82) is 0 Å². The average molecular weight is 663 g/mol. The van der Waals surface area contributed by atoms with Crippen LogP contribution in [-0.4, -0.2) is 51.3 Å². The van der Waals surface area contributed by atoms with Crippen LogP contribution in [0.5, 0.6) is 0 Å². The molecule has 0 spiro atoms. The molecule has 0 aliphatic rings. The summed E-state index contributed by atoms with van der Waals surface area (Å²) < 4.78 is 11.2. The van der Waals surface area contributed by atoms with Crippen molar-refractivity contribution in [1.82, 2.24) is 0 Å². The molecule has 2 aromatic rings. The van der Waals surface area contributed by atoms with E-state index in [1.54, 1.807) is 0 Å². The molecule has 0 aromatic heterocycles. The minimum atomic E-state index is -0.135. The summed E-state index contributed by atoms with van der Waals surface area (Å²) in [5.74, 6) is -0.270. The summed E-state index contributed by atoms with van der Waals surface area (Å²) >= 11 is 0. The first-order chi connectivity index (χ1) is 23.5. The number of hydrogen-bond donors (Lipinski definition) is 0. The van der Waals surface area contributed by atoms with Crippen molar-refractivity contribution in [3.8, 4) is 0 Å². The van der Waals surface area contributed by atoms with Gasteiger partial charge < -0.3 is 19.3 Å². The van der Waals surface area contributed by atoms with E-state index in [4.69, 9.17) is 9.47 Å².